The molecule has 0 bridgehead atoms. The van der Waals surface area contributed by atoms with Gasteiger partial charge in [-0.05, 0) is 57.3 Å². The van der Waals surface area contributed by atoms with Crippen LogP contribution in [0.2, 0.25) is 0 Å². The molecule has 1 aliphatic rings. The van der Waals surface area contributed by atoms with Crippen LogP contribution in [0.3, 0.4) is 0 Å². The second-order valence-corrected chi connectivity index (χ2v) is 6.91. The maximum Gasteiger partial charge on any atom is 0.0101 e. The summed E-state index contributed by atoms with van der Waals surface area (Å²) < 4.78 is 1.25. The van der Waals surface area contributed by atoms with Gasteiger partial charge in [0.15, 0.2) is 0 Å². The molecule has 1 aliphatic carbocycles. The lowest BCUT2D eigenvalue weighted by Crippen LogP contribution is -2.16. The standard InChI is InChI=1S/C18H27I/c1-16(2)9-7-10-17(3)15-18(13-8-14-19)11-5-4-6-12-18/h4-6,9,11,15H,7-8,10,12-14H2,1-3H3/b17-15+. The SMILES string of the molecule is CC(C)=CCC/C(C)=C/C1(CCCI)C=CC=CC1. The van der Waals surface area contributed by atoms with E-state index in [1.807, 2.05) is 0 Å². The van der Waals surface area contributed by atoms with Crippen molar-refractivity contribution in [1.82, 2.24) is 0 Å². The molecular weight excluding hydrogens is 343 g/mol. The molecule has 1 atom stereocenters. The van der Waals surface area contributed by atoms with E-state index in [0.29, 0.717) is 0 Å². The normalized spacial score (nSPS) is 22.6. The number of hydrogen-bond acceptors (Lipinski definition) is 0. The lowest BCUT2D eigenvalue weighted by molar-refractivity contribution is 0.445. The lowest BCUT2D eigenvalue weighted by atomic mass is 9.76. The molecule has 0 aliphatic heterocycles. The second kappa shape index (κ2) is 8.78. The molecule has 1 rings (SSSR count). The Balaban J connectivity index is 2.67. The molecule has 0 amide bonds. The van der Waals surface area contributed by atoms with E-state index in [4.69, 9.17) is 0 Å². The maximum atomic E-state index is 2.53. The summed E-state index contributed by atoms with van der Waals surface area (Å²) in [6.07, 6.45) is 20.1. The highest BCUT2D eigenvalue weighted by Crippen LogP contribution is 2.36. The summed E-state index contributed by atoms with van der Waals surface area (Å²) in [6, 6.07) is 0. The van der Waals surface area contributed by atoms with Gasteiger partial charge in [0.1, 0.15) is 0 Å². The summed E-state index contributed by atoms with van der Waals surface area (Å²) in [5.41, 5.74) is 3.24. The Labute approximate surface area is 132 Å². The minimum absolute atomic E-state index is 0.287. The Bertz CT molecular complexity index is 380. The molecule has 0 aromatic carbocycles. The summed E-state index contributed by atoms with van der Waals surface area (Å²) in [6.45, 7) is 6.64. The molecule has 0 saturated heterocycles. The van der Waals surface area contributed by atoms with Crippen LogP contribution in [0.5, 0.6) is 0 Å². The molecule has 0 spiro atoms. The summed E-state index contributed by atoms with van der Waals surface area (Å²) in [5.74, 6) is 0. The van der Waals surface area contributed by atoms with Crippen LogP contribution >= 0.6 is 22.6 Å². The highest BCUT2D eigenvalue weighted by Gasteiger charge is 2.23. The molecule has 106 valence electrons. The van der Waals surface area contributed by atoms with Crippen LogP contribution in [0.25, 0.3) is 0 Å². The van der Waals surface area contributed by atoms with E-state index in [1.165, 1.54) is 47.7 Å². The van der Waals surface area contributed by atoms with Crippen molar-refractivity contribution in [3.63, 3.8) is 0 Å². The monoisotopic (exact) mass is 370 g/mol. The molecule has 0 N–H and O–H groups in total. The highest BCUT2D eigenvalue weighted by molar-refractivity contribution is 14.1. The average Bonchev–Trinajstić information content (AvgIpc) is 2.37. The van der Waals surface area contributed by atoms with E-state index >= 15 is 0 Å². The first kappa shape index (κ1) is 16.7. The van der Waals surface area contributed by atoms with Crippen LogP contribution in [0.1, 0.15) is 52.9 Å². The Morgan fingerprint density at radius 3 is 2.63 bits per heavy atom. The van der Waals surface area contributed by atoms with E-state index < -0.39 is 0 Å². The molecule has 0 nitrogen and oxygen atoms in total. The zero-order valence-electron chi connectivity index (χ0n) is 12.6. The van der Waals surface area contributed by atoms with Crippen molar-refractivity contribution in [1.29, 1.82) is 0 Å². The molecule has 0 aromatic heterocycles. The second-order valence-electron chi connectivity index (χ2n) is 5.83. The fraction of sp³-hybridized carbons (Fsp3) is 0.556. The van der Waals surface area contributed by atoms with Gasteiger partial charge in [-0.3, -0.25) is 0 Å². The van der Waals surface area contributed by atoms with Crippen LogP contribution < -0.4 is 0 Å². The van der Waals surface area contributed by atoms with E-state index in [0.717, 1.165) is 0 Å². The van der Waals surface area contributed by atoms with Crippen molar-refractivity contribution in [2.75, 3.05) is 4.43 Å². The lowest BCUT2D eigenvalue weighted by Gasteiger charge is -2.29. The van der Waals surface area contributed by atoms with Crippen molar-refractivity contribution in [2.45, 2.75) is 52.9 Å². The van der Waals surface area contributed by atoms with Gasteiger partial charge >= 0.3 is 0 Å². The minimum Gasteiger partial charge on any atom is -0.0864 e. The van der Waals surface area contributed by atoms with Gasteiger partial charge in [0.25, 0.3) is 0 Å². The number of halogens is 1. The highest BCUT2D eigenvalue weighted by atomic mass is 127. The van der Waals surface area contributed by atoms with Crippen LogP contribution in [0.15, 0.2) is 47.6 Å². The summed E-state index contributed by atoms with van der Waals surface area (Å²) >= 11 is 2.48. The molecule has 1 unspecified atom stereocenters. The molecule has 0 heterocycles. The number of hydrogen-bond donors (Lipinski definition) is 0. The molecule has 0 aromatic rings. The van der Waals surface area contributed by atoms with Crippen molar-refractivity contribution in [3.05, 3.63) is 47.6 Å². The van der Waals surface area contributed by atoms with Crippen LogP contribution in [0.4, 0.5) is 0 Å². The zero-order chi connectivity index (χ0) is 14.1. The quantitative estimate of drug-likeness (QED) is 0.276. The summed E-state index contributed by atoms with van der Waals surface area (Å²) in [4.78, 5) is 0. The zero-order valence-corrected chi connectivity index (χ0v) is 14.7. The van der Waals surface area contributed by atoms with Crippen molar-refractivity contribution in [2.24, 2.45) is 5.41 Å². The van der Waals surface area contributed by atoms with Crippen LogP contribution in [-0.4, -0.2) is 4.43 Å². The topological polar surface area (TPSA) is 0 Å². The molecule has 1 heteroatoms. The third-order valence-corrected chi connectivity index (χ3v) is 4.34. The first-order valence-corrected chi connectivity index (χ1v) is 8.82. The molecule has 0 saturated carbocycles. The van der Waals surface area contributed by atoms with Crippen LogP contribution in [-0.2, 0) is 0 Å². The molecular formula is C18H27I. The largest absolute Gasteiger partial charge is 0.0864 e. The van der Waals surface area contributed by atoms with Gasteiger partial charge in [-0.25, -0.2) is 0 Å². The Morgan fingerprint density at radius 2 is 2.05 bits per heavy atom. The van der Waals surface area contributed by atoms with E-state index in [9.17, 15) is 0 Å². The van der Waals surface area contributed by atoms with E-state index in [-0.39, 0.29) is 5.41 Å². The van der Waals surface area contributed by atoms with Crippen molar-refractivity contribution in [3.8, 4) is 0 Å². The number of rotatable bonds is 7. The third-order valence-electron chi connectivity index (χ3n) is 3.57. The van der Waals surface area contributed by atoms with Gasteiger partial charge in [-0.15, -0.1) is 0 Å². The third kappa shape index (κ3) is 6.60. The Hall–Kier alpha value is -0.310. The predicted molar refractivity (Wildman–Crippen MR) is 95.9 cm³/mol. The molecule has 19 heavy (non-hydrogen) atoms. The summed E-state index contributed by atoms with van der Waals surface area (Å²) in [7, 11) is 0. The minimum atomic E-state index is 0.287. The number of allylic oxidation sites excluding steroid dienone is 8. The van der Waals surface area contributed by atoms with Crippen molar-refractivity contribution < 1.29 is 0 Å². The summed E-state index contributed by atoms with van der Waals surface area (Å²) in [5, 5.41) is 0. The molecule has 0 fully saturated rings. The van der Waals surface area contributed by atoms with Gasteiger partial charge < -0.3 is 0 Å². The fourth-order valence-electron chi connectivity index (χ4n) is 2.59. The predicted octanol–water partition coefficient (Wildman–Crippen LogP) is 6.40. The number of alkyl halides is 1. The van der Waals surface area contributed by atoms with Gasteiger partial charge in [0.05, 0.1) is 0 Å². The van der Waals surface area contributed by atoms with Gasteiger partial charge in [-0.1, -0.05) is 70.2 Å². The Morgan fingerprint density at radius 1 is 1.26 bits per heavy atom. The van der Waals surface area contributed by atoms with Gasteiger partial charge in [-0.2, -0.15) is 0 Å². The van der Waals surface area contributed by atoms with Crippen molar-refractivity contribution >= 4 is 22.6 Å². The van der Waals surface area contributed by atoms with E-state index in [1.54, 1.807) is 0 Å². The fourth-order valence-corrected chi connectivity index (χ4v) is 2.97. The first-order chi connectivity index (χ1) is 9.08. The average molecular weight is 370 g/mol. The maximum absolute atomic E-state index is 2.53. The van der Waals surface area contributed by atoms with Gasteiger partial charge in [0.2, 0.25) is 0 Å². The Kier molecular flexibility index (Phi) is 7.74. The first-order valence-electron chi connectivity index (χ1n) is 7.30. The van der Waals surface area contributed by atoms with Gasteiger partial charge in [0, 0.05) is 5.41 Å². The smallest absolute Gasteiger partial charge is 0.0101 e. The van der Waals surface area contributed by atoms with Crippen LogP contribution in [0, 0.1) is 5.41 Å². The van der Waals surface area contributed by atoms with E-state index in [2.05, 4.69) is 79.8 Å². The molecule has 0 radical (unpaired) electrons.